The minimum absolute atomic E-state index is 0.0300. The van der Waals surface area contributed by atoms with Gasteiger partial charge in [0.2, 0.25) is 0 Å². The summed E-state index contributed by atoms with van der Waals surface area (Å²) in [5.41, 5.74) is 6.69. The predicted molar refractivity (Wildman–Crippen MR) is 111 cm³/mol. The van der Waals surface area contributed by atoms with Gasteiger partial charge in [0.15, 0.2) is 0 Å². The molecule has 0 N–H and O–H groups in total. The van der Waals surface area contributed by atoms with Crippen LogP contribution in [-0.2, 0) is 6.42 Å². The fourth-order valence-corrected chi connectivity index (χ4v) is 4.52. The first kappa shape index (κ1) is 16.4. The van der Waals surface area contributed by atoms with Crippen LogP contribution in [-0.4, -0.2) is 22.1 Å². The number of benzene rings is 3. The predicted octanol–water partition coefficient (Wildman–Crippen LogP) is 4.78. The lowest BCUT2D eigenvalue weighted by atomic mass is 9.83. The van der Waals surface area contributed by atoms with Crippen LogP contribution < -0.4 is 9.47 Å². The molecule has 1 unspecified atom stereocenters. The fraction of sp³-hybridized carbons (Fsp3) is 0.167. The van der Waals surface area contributed by atoms with Crippen molar-refractivity contribution in [3.63, 3.8) is 0 Å². The number of rotatable bonds is 2. The number of nitrogens with zero attached hydrogens (tertiary/aromatic N) is 3. The molecule has 0 radical (unpaired) electrons. The molecule has 0 fully saturated rings. The maximum Gasteiger partial charge on any atom is 0.136 e. The summed E-state index contributed by atoms with van der Waals surface area (Å²) in [6.45, 7) is 0. The maximum atomic E-state index is 6.45. The van der Waals surface area contributed by atoms with Gasteiger partial charge in [0.1, 0.15) is 28.8 Å². The summed E-state index contributed by atoms with van der Waals surface area (Å²) < 4.78 is 13.9. The molecule has 5 nitrogen and oxygen atoms in total. The van der Waals surface area contributed by atoms with Gasteiger partial charge in [0.05, 0.1) is 12.6 Å². The van der Waals surface area contributed by atoms with Crippen LogP contribution in [0.15, 0.2) is 72.3 Å². The van der Waals surface area contributed by atoms with Crippen LogP contribution in [0.2, 0.25) is 0 Å². The number of para-hydroxylation sites is 2. The number of methoxy groups -OCH3 is 1. The molecule has 1 aliphatic carbocycles. The Kier molecular flexibility index (Phi) is 3.50. The highest BCUT2D eigenvalue weighted by Crippen LogP contribution is 2.48. The SMILES string of the molecule is COc1ccc2c(c1)CCC1=C2Oc2ccccc2C1n1nnc2ccccc21. The van der Waals surface area contributed by atoms with Crippen molar-refractivity contribution in [2.45, 2.75) is 18.9 Å². The average molecular weight is 381 g/mol. The Bertz CT molecular complexity index is 1290. The van der Waals surface area contributed by atoms with Gasteiger partial charge in [-0.25, -0.2) is 4.68 Å². The second-order valence-electron chi connectivity index (χ2n) is 7.44. The van der Waals surface area contributed by atoms with E-state index in [1.807, 2.05) is 41.1 Å². The molecule has 1 aromatic heterocycles. The second kappa shape index (κ2) is 6.21. The third kappa shape index (κ3) is 2.40. The Balaban J connectivity index is 1.60. The summed E-state index contributed by atoms with van der Waals surface area (Å²) in [7, 11) is 1.70. The van der Waals surface area contributed by atoms with Crippen LogP contribution in [0, 0.1) is 0 Å². The lowest BCUT2D eigenvalue weighted by Gasteiger charge is -2.34. The van der Waals surface area contributed by atoms with Crippen molar-refractivity contribution in [3.8, 4) is 11.5 Å². The van der Waals surface area contributed by atoms with Crippen LogP contribution in [0.1, 0.15) is 29.2 Å². The number of aromatic nitrogens is 3. The smallest absolute Gasteiger partial charge is 0.136 e. The molecule has 1 aliphatic heterocycles. The molecule has 2 aliphatic rings. The molecule has 1 atom stereocenters. The molecule has 6 rings (SSSR count). The van der Waals surface area contributed by atoms with Gasteiger partial charge in [-0.15, -0.1) is 5.10 Å². The van der Waals surface area contributed by atoms with Crippen molar-refractivity contribution in [3.05, 3.63) is 89.0 Å². The van der Waals surface area contributed by atoms with E-state index in [1.54, 1.807) is 7.11 Å². The van der Waals surface area contributed by atoms with E-state index in [0.29, 0.717) is 0 Å². The van der Waals surface area contributed by atoms with E-state index in [0.717, 1.165) is 52.3 Å². The van der Waals surface area contributed by atoms with E-state index in [4.69, 9.17) is 9.47 Å². The van der Waals surface area contributed by atoms with Gasteiger partial charge in [-0.1, -0.05) is 35.5 Å². The van der Waals surface area contributed by atoms with Crippen molar-refractivity contribution in [1.82, 2.24) is 15.0 Å². The molecule has 3 aromatic carbocycles. The van der Waals surface area contributed by atoms with Crippen molar-refractivity contribution >= 4 is 16.8 Å². The van der Waals surface area contributed by atoms with Crippen LogP contribution in [0.3, 0.4) is 0 Å². The van der Waals surface area contributed by atoms with E-state index in [-0.39, 0.29) is 6.04 Å². The summed E-state index contributed by atoms with van der Waals surface area (Å²) in [5, 5.41) is 8.95. The number of hydrogen-bond donors (Lipinski definition) is 0. The highest BCUT2D eigenvalue weighted by Gasteiger charge is 2.35. The zero-order chi connectivity index (χ0) is 19.4. The summed E-state index contributed by atoms with van der Waals surface area (Å²) >= 11 is 0. The summed E-state index contributed by atoms with van der Waals surface area (Å²) in [6, 6.07) is 22.5. The Morgan fingerprint density at radius 3 is 2.79 bits per heavy atom. The average Bonchev–Trinajstić information content (AvgIpc) is 3.20. The van der Waals surface area contributed by atoms with Gasteiger partial charge in [-0.3, -0.25) is 0 Å². The Morgan fingerprint density at radius 2 is 1.86 bits per heavy atom. The molecule has 0 spiro atoms. The molecule has 5 heteroatoms. The molecular formula is C24H19N3O2. The van der Waals surface area contributed by atoms with Gasteiger partial charge in [0, 0.05) is 16.7 Å². The molecule has 0 amide bonds. The zero-order valence-electron chi connectivity index (χ0n) is 16.0. The minimum atomic E-state index is -0.0300. The highest BCUT2D eigenvalue weighted by atomic mass is 16.5. The normalized spacial score (nSPS) is 17.3. The van der Waals surface area contributed by atoms with Gasteiger partial charge < -0.3 is 9.47 Å². The van der Waals surface area contributed by atoms with Crippen molar-refractivity contribution in [2.24, 2.45) is 0 Å². The van der Waals surface area contributed by atoms with Crippen molar-refractivity contribution in [2.75, 3.05) is 7.11 Å². The van der Waals surface area contributed by atoms with Gasteiger partial charge in [-0.05, 0) is 54.8 Å². The van der Waals surface area contributed by atoms with Crippen LogP contribution in [0.25, 0.3) is 16.8 Å². The molecule has 142 valence electrons. The van der Waals surface area contributed by atoms with Crippen LogP contribution in [0.5, 0.6) is 11.5 Å². The third-order valence-corrected chi connectivity index (χ3v) is 5.89. The fourth-order valence-electron chi connectivity index (χ4n) is 4.52. The molecule has 4 aromatic rings. The van der Waals surface area contributed by atoms with E-state index >= 15 is 0 Å². The van der Waals surface area contributed by atoms with E-state index in [9.17, 15) is 0 Å². The molecule has 0 saturated carbocycles. The monoisotopic (exact) mass is 381 g/mol. The molecule has 2 heterocycles. The number of aryl methyl sites for hydroxylation is 1. The highest BCUT2D eigenvalue weighted by molar-refractivity contribution is 5.78. The van der Waals surface area contributed by atoms with Crippen LogP contribution in [0.4, 0.5) is 0 Å². The quantitative estimate of drug-likeness (QED) is 0.501. The summed E-state index contributed by atoms with van der Waals surface area (Å²) in [4.78, 5) is 0. The largest absolute Gasteiger partial charge is 0.497 e. The van der Waals surface area contributed by atoms with E-state index in [2.05, 4.69) is 40.6 Å². The maximum absolute atomic E-state index is 6.45. The summed E-state index contributed by atoms with van der Waals surface area (Å²) in [5.74, 6) is 2.69. The van der Waals surface area contributed by atoms with Crippen molar-refractivity contribution in [1.29, 1.82) is 0 Å². The van der Waals surface area contributed by atoms with Gasteiger partial charge >= 0.3 is 0 Å². The molecule has 29 heavy (non-hydrogen) atoms. The Labute approximate surface area is 168 Å². The molecular weight excluding hydrogens is 362 g/mol. The van der Waals surface area contributed by atoms with Crippen molar-refractivity contribution < 1.29 is 9.47 Å². The lowest BCUT2D eigenvalue weighted by Crippen LogP contribution is -2.25. The first-order valence-corrected chi connectivity index (χ1v) is 9.80. The standard InChI is InChI=1S/C24H19N3O2/c1-28-16-11-13-17-15(14-16)10-12-19-23(18-6-2-5-9-22(18)29-24(17)19)27-21-8-4-3-7-20(21)25-26-27/h2-9,11,13-14,23H,10,12H2,1H3. The summed E-state index contributed by atoms with van der Waals surface area (Å²) in [6.07, 6.45) is 1.85. The van der Waals surface area contributed by atoms with Gasteiger partial charge in [0.25, 0.3) is 0 Å². The minimum Gasteiger partial charge on any atom is -0.497 e. The number of allylic oxidation sites excluding steroid dienone is 1. The topological polar surface area (TPSA) is 49.2 Å². The third-order valence-electron chi connectivity index (χ3n) is 5.89. The lowest BCUT2D eigenvalue weighted by molar-refractivity contribution is 0.412. The second-order valence-corrected chi connectivity index (χ2v) is 7.44. The first-order chi connectivity index (χ1) is 14.3. The molecule has 0 saturated heterocycles. The number of hydrogen-bond acceptors (Lipinski definition) is 4. The zero-order valence-corrected chi connectivity index (χ0v) is 16.0. The van der Waals surface area contributed by atoms with Crippen LogP contribution >= 0.6 is 0 Å². The van der Waals surface area contributed by atoms with E-state index in [1.165, 1.54) is 11.1 Å². The number of ether oxygens (including phenoxy) is 2. The van der Waals surface area contributed by atoms with Gasteiger partial charge in [-0.2, -0.15) is 0 Å². The first-order valence-electron chi connectivity index (χ1n) is 9.80. The Hall–Kier alpha value is -3.60. The number of fused-ring (bicyclic) bond motifs is 4. The van der Waals surface area contributed by atoms with E-state index < -0.39 is 0 Å². The Morgan fingerprint density at radius 1 is 1.00 bits per heavy atom. The molecule has 0 bridgehead atoms.